The summed E-state index contributed by atoms with van der Waals surface area (Å²) in [6.45, 7) is 12.8. The lowest BCUT2D eigenvalue weighted by atomic mass is 9.85. The van der Waals surface area contributed by atoms with Crippen molar-refractivity contribution in [3.63, 3.8) is 0 Å². The van der Waals surface area contributed by atoms with Crippen molar-refractivity contribution in [3.05, 3.63) is 34.3 Å². The summed E-state index contributed by atoms with van der Waals surface area (Å²) in [6, 6.07) is 8.33. The number of piperazine rings is 1. The van der Waals surface area contributed by atoms with Crippen LogP contribution in [0.5, 0.6) is 0 Å². The zero-order chi connectivity index (χ0) is 18.4. The van der Waals surface area contributed by atoms with Crippen LogP contribution in [0.4, 0.5) is 0 Å². The first-order valence-electron chi connectivity index (χ1n) is 8.89. The van der Waals surface area contributed by atoms with Crippen LogP contribution in [0, 0.1) is 0 Å². The molecule has 0 radical (unpaired) electrons. The monoisotopic (exact) mass is 536 g/mol. The Morgan fingerprint density at radius 3 is 2.31 bits per heavy atom. The topological polar surface area (TPSA) is 47.9 Å². The fourth-order valence-electron chi connectivity index (χ4n) is 3.03. The number of halogens is 2. The van der Waals surface area contributed by atoms with Gasteiger partial charge in [-0.1, -0.05) is 48.0 Å². The Hall–Kier alpha value is -0.830. The summed E-state index contributed by atoms with van der Waals surface area (Å²) in [7, 11) is 0. The molecule has 5 nitrogen and oxygen atoms in total. The lowest BCUT2D eigenvalue weighted by molar-refractivity contribution is -0.130. The Morgan fingerprint density at radius 1 is 1.19 bits per heavy atom. The largest absolute Gasteiger partial charge is 0.357 e. The van der Waals surface area contributed by atoms with Crippen LogP contribution >= 0.6 is 39.9 Å². The third kappa shape index (κ3) is 6.11. The van der Waals surface area contributed by atoms with Crippen molar-refractivity contribution in [3.8, 4) is 0 Å². The summed E-state index contributed by atoms with van der Waals surface area (Å²) >= 11 is 3.65. The highest BCUT2D eigenvalue weighted by molar-refractivity contribution is 14.0. The average molecular weight is 537 g/mol. The van der Waals surface area contributed by atoms with Crippen molar-refractivity contribution in [1.82, 2.24) is 15.1 Å². The van der Waals surface area contributed by atoms with Crippen LogP contribution < -0.4 is 5.32 Å². The van der Waals surface area contributed by atoms with Gasteiger partial charge in [0.2, 0.25) is 5.91 Å². The van der Waals surface area contributed by atoms with Gasteiger partial charge in [0, 0.05) is 49.5 Å². The number of aliphatic imine (C=N–C) groups is 1. The molecular weight excluding hydrogens is 507 g/mol. The minimum Gasteiger partial charge on any atom is -0.357 e. The number of nitrogens with zero attached hydrogens (tertiary/aromatic N) is 3. The van der Waals surface area contributed by atoms with Gasteiger partial charge in [0.05, 0.1) is 6.54 Å². The van der Waals surface area contributed by atoms with Crippen molar-refractivity contribution in [2.24, 2.45) is 4.99 Å². The van der Waals surface area contributed by atoms with E-state index >= 15 is 0 Å². The van der Waals surface area contributed by atoms with Gasteiger partial charge >= 0.3 is 0 Å². The van der Waals surface area contributed by atoms with E-state index in [9.17, 15) is 4.79 Å². The molecule has 1 heterocycles. The molecule has 1 N–H and O–H groups in total. The Kier molecular flexibility index (Phi) is 9.36. The van der Waals surface area contributed by atoms with Crippen molar-refractivity contribution in [2.45, 2.75) is 33.1 Å². The molecule has 1 saturated heterocycles. The lowest BCUT2D eigenvalue weighted by Crippen LogP contribution is -2.53. The lowest BCUT2D eigenvalue weighted by Gasteiger charge is -2.36. The Bertz CT molecular complexity index is 628. The first kappa shape index (κ1) is 23.2. The zero-order valence-electron chi connectivity index (χ0n) is 16.1. The Labute approximate surface area is 182 Å². The minimum atomic E-state index is -0.0675. The smallest absolute Gasteiger partial charge is 0.219 e. The van der Waals surface area contributed by atoms with Crippen LogP contribution in [0.3, 0.4) is 0 Å². The highest BCUT2D eigenvalue weighted by Gasteiger charge is 2.25. The maximum absolute atomic E-state index is 11.5. The Morgan fingerprint density at radius 2 is 1.77 bits per heavy atom. The third-order valence-electron chi connectivity index (χ3n) is 4.59. The number of hydrogen-bond acceptors (Lipinski definition) is 2. The highest BCUT2D eigenvalue weighted by atomic mass is 127. The van der Waals surface area contributed by atoms with E-state index in [4.69, 9.17) is 4.99 Å². The number of hydrogen-bond donors (Lipinski definition) is 1. The summed E-state index contributed by atoms with van der Waals surface area (Å²) < 4.78 is 1.12. The SMILES string of the molecule is CCNC(=NCC(C)(C)c1ccccc1Br)N1CCN(C(C)=O)CC1.I. The first-order chi connectivity index (χ1) is 11.8. The van der Waals surface area contributed by atoms with E-state index in [-0.39, 0.29) is 35.3 Å². The van der Waals surface area contributed by atoms with E-state index in [2.05, 4.69) is 65.1 Å². The molecule has 7 heteroatoms. The predicted octanol–water partition coefficient (Wildman–Crippen LogP) is 3.47. The van der Waals surface area contributed by atoms with Gasteiger partial charge in [0.15, 0.2) is 5.96 Å². The molecule has 2 rings (SSSR count). The molecule has 1 aliphatic heterocycles. The van der Waals surface area contributed by atoms with Crippen molar-refractivity contribution >= 4 is 51.8 Å². The molecule has 0 aliphatic carbocycles. The van der Waals surface area contributed by atoms with Gasteiger partial charge in [-0.05, 0) is 18.6 Å². The molecule has 0 unspecified atom stereocenters. The highest BCUT2D eigenvalue weighted by Crippen LogP contribution is 2.30. The fourth-order valence-corrected chi connectivity index (χ4v) is 3.85. The number of nitrogens with one attached hydrogen (secondary N) is 1. The van der Waals surface area contributed by atoms with E-state index in [1.54, 1.807) is 6.92 Å². The van der Waals surface area contributed by atoms with Gasteiger partial charge < -0.3 is 15.1 Å². The second-order valence-corrected chi connectivity index (χ2v) is 7.88. The van der Waals surface area contributed by atoms with E-state index in [1.807, 2.05) is 11.0 Å². The normalized spacial score (nSPS) is 15.5. The van der Waals surface area contributed by atoms with E-state index < -0.39 is 0 Å². The molecule has 0 atom stereocenters. The fraction of sp³-hybridized carbons (Fsp3) is 0.579. The molecule has 0 aromatic heterocycles. The molecule has 1 aliphatic rings. The first-order valence-corrected chi connectivity index (χ1v) is 9.68. The summed E-state index contributed by atoms with van der Waals surface area (Å²) in [6.07, 6.45) is 0. The number of benzene rings is 1. The number of carbonyl (C=O) groups excluding carboxylic acids is 1. The van der Waals surface area contributed by atoms with Gasteiger partial charge in [0.25, 0.3) is 0 Å². The second-order valence-electron chi connectivity index (χ2n) is 7.03. The molecule has 0 saturated carbocycles. The van der Waals surface area contributed by atoms with E-state index in [0.717, 1.165) is 43.2 Å². The third-order valence-corrected chi connectivity index (χ3v) is 5.28. The minimum absolute atomic E-state index is 0. The number of rotatable bonds is 4. The molecule has 1 fully saturated rings. The van der Waals surface area contributed by atoms with Crippen LogP contribution in [0.1, 0.15) is 33.3 Å². The molecule has 146 valence electrons. The van der Waals surface area contributed by atoms with Gasteiger partial charge in [-0.3, -0.25) is 9.79 Å². The second kappa shape index (κ2) is 10.5. The molecule has 0 spiro atoms. The van der Waals surface area contributed by atoms with Crippen LogP contribution in [-0.2, 0) is 10.2 Å². The van der Waals surface area contributed by atoms with Crippen LogP contribution in [0.25, 0.3) is 0 Å². The van der Waals surface area contributed by atoms with Gasteiger partial charge in [-0.15, -0.1) is 24.0 Å². The zero-order valence-corrected chi connectivity index (χ0v) is 20.0. The van der Waals surface area contributed by atoms with Gasteiger partial charge in [0.1, 0.15) is 0 Å². The van der Waals surface area contributed by atoms with Crippen molar-refractivity contribution in [2.75, 3.05) is 39.3 Å². The summed E-state index contributed by atoms with van der Waals surface area (Å²) in [5, 5.41) is 3.40. The summed E-state index contributed by atoms with van der Waals surface area (Å²) in [5.41, 5.74) is 1.19. The average Bonchev–Trinajstić information content (AvgIpc) is 2.59. The van der Waals surface area contributed by atoms with Crippen molar-refractivity contribution < 1.29 is 4.79 Å². The van der Waals surface area contributed by atoms with Gasteiger partial charge in [-0.25, -0.2) is 0 Å². The van der Waals surface area contributed by atoms with Crippen molar-refractivity contribution in [1.29, 1.82) is 0 Å². The summed E-state index contributed by atoms with van der Waals surface area (Å²) in [5.74, 6) is 1.09. The van der Waals surface area contributed by atoms with Crippen LogP contribution in [0.15, 0.2) is 33.7 Å². The molecule has 0 bridgehead atoms. The standard InChI is InChI=1S/C19H29BrN4O.HI/c1-5-21-18(24-12-10-23(11-13-24)15(2)25)22-14-19(3,4)16-8-6-7-9-17(16)20;/h6-9H,5,10-14H2,1-4H3,(H,21,22);1H. The van der Waals surface area contributed by atoms with Crippen LogP contribution in [-0.4, -0.2) is 60.9 Å². The quantitative estimate of drug-likeness (QED) is 0.364. The molecule has 1 amide bonds. The van der Waals surface area contributed by atoms with Crippen LogP contribution in [0.2, 0.25) is 0 Å². The maximum Gasteiger partial charge on any atom is 0.219 e. The molecular formula is C19H30BrIN4O. The maximum atomic E-state index is 11.5. The number of carbonyl (C=O) groups is 1. The Balaban J connectivity index is 0.00000338. The summed E-state index contributed by atoms with van der Waals surface area (Å²) in [4.78, 5) is 20.6. The molecule has 1 aromatic carbocycles. The number of guanidine groups is 1. The van der Waals surface area contributed by atoms with Gasteiger partial charge in [-0.2, -0.15) is 0 Å². The number of amides is 1. The van der Waals surface area contributed by atoms with E-state index in [1.165, 1.54) is 5.56 Å². The molecule has 26 heavy (non-hydrogen) atoms. The molecule has 1 aromatic rings. The van der Waals surface area contributed by atoms with E-state index in [0.29, 0.717) is 6.54 Å². The predicted molar refractivity (Wildman–Crippen MR) is 122 cm³/mol.